The number of nitro groups is 1. The lowest BCUT2D eigenvalue weighted by Crippen LogP contribution is -2.31. The summed E-state index contributed by atoms with van der Waals surface area (Å²) in [5, 5.41) is 17.0. The van der Waals surface area contributed by atoms with Crippen molar-refractivity contribution in [2.75, 3.05) is 38.4 Å². The Bertz CT molecular complexity index is 1700. The molecule has 1 aliphatic heterocycles. The van der Waals surface area contributed by atoms with Gasteiger partial charge in [-0.3, -0.25) is 15.1 Å². The highest BCUT2D eigenvalue weighted by Gasteiger charge is 2.17. The van der Waals surface area contributed by atoms with Gasteiger partial charge >= 0.3 is 0 Å². The molecule has 0 atom stereocenters. The number of aromatic nitrogens is 1. The molecule has 3 aromatic carbocycles. The van der Waals surface area contributed by atoms with Crippen LogP contribution in [0.3, 0.4) is 0 Å². The average Bonchev–Trinajstić information content (AvgIpc) is 3.54. The summed E-state index contributed by atoms with van der Waals surface area (Å²) in [6.45, 7) is 3.82. The number of nitrogens with zero attached hydrogens (tertiary/aromatic N) is 5. The first kappa shape index (κ1) is 30.6. The smallest absolute Gasteiger partial charge is 0.278 e. The van der Waals surface area contributed by atoms with Crippen molar-refractivity contribution < 1.29 is 23.5 Å². The molecule has 0 amide bonds. The molecular weight excluding hydrogens is 587 g/mol. The van der Waals surface area contributed by atoms with E-state index in [1.54, 1.807) is 43.6 Å². The zero-order valence-electron chi connectivity index (χ0n) is 24.0. The fourth-order valence-corrected chi connectivity index (χ4v) is 5.08. The van der Waals surface area contributed by atoms with Gasteiger partial charge in [0.1, 0.15) is 5.75 Å². The van der Waals surface area contributed by atoms with Crippen LogP contribution < -0.4 is 25.0 Å². The number of benzene rings is 3. The Morgan fingerprint density at radius 1 is 1.14 bits per heavy atom. The van der Waals surface area contributed by atoms with E-state index in [9.17, 15) is 10.1 Å². The minimum atomic E-state index is -0.709. The zero-order valence-corrected chi connectivity index (χ0v) is 24.8. The number of pyridine rings is 1. The number of thiocarbonyl (C=S) groups is 1. The first-order valence-corrected chi connectivity index (χ1v) is 14.4. The summed E-state index contributed by atoms with van der Waals surface area (Å²) in [6, 6.07) is 15.3. The SMILES string of the molecule is COc1cc2c(Oc3ccc(N(N=Cc4ccccc4[N+](=O)[O-])C(N)=S)cc3F)ccnc2cc1OCCCN1CCCC1. The Labute approximate surface area is 258 Å². The maximum Gasteiger partial charge on any atom is 0.278 e. The van der Waals surface area contributed by atoms with Gasteiger partial charge in [0.05, 0.1) is 41.6 Å². The molecule has 1 aromatic heterocycles. The molecule has 1 fully saturated rings. The van der Waals surface area contributed by atoms with Crippen molar-refractivity contribution in [3.8, 4) is 23.0 Å². The molecule has 4 aromatic rings. The van der Waals surface area contributed by atoms with E-state index in [1.165, 1.54) is 43.3 Å². The lowest BCUT2D eigenvalue weighted by Gasteiger charge is -2.18. The van der Waals surface area contributed by atoms with Gasteiger partial charge in [-0.05, 0) is 74.9 Å². The van der Waals surface area contributed by atoms with E-state index in [0.29, 0.717) is 34.8 Å². The third-order valence-electron chi connectivity index (χ3n) is 7.10. The lowest BCUT2D eigenvalue weighted by molar-refractivity contribution is -0.385. The van der Waals surface area contributed by atoms with Gasteiger partial charge in [0, 0.05) is 36.3 Å². The van der Waals surface area contributed by atoms with Crippen molar-refractivity contribution in [1.82, 2.24) is 9.88 Å². The van der Waals surface area contributed by atoms with Crippen molar-refractivity contribution in [1.29, 1.82) is 0 Å². The number of para-hydroxylation sites is 1. The topological polar surface area (TPSA) is 129 Å². The van der Waals surface area contributed by atoms with Crippen molar-refractivity contribution >= 4 is 45.8 Å². The Morgan fingerprint density at radius 3 is 2.66 bits per heavy atom. The van der Waals surface area contributed by atoms with Crippen LogP contribution in [0.5, 0.6) is 23.0 Å². The van der Waals surface area contributed by atoms with E-state index in [-0.39, 0.29) is 27.8 Å². The van der Waals surface area contributed by atoms with Crippen LogP contribution in [0.25, 0.3) is 10.9 Å². The molecule has 0 unspecified atom stereocenters. The number of fused-ring (bicyclic) bond motifs is 1. The predicted molar refractivity (Wildman–Crippen MR) is 171 cm³/mol. The Morgan fingerprint density at radius 2 is 1.93 bits per heavy atom. The van der Waals surface area contributed by atoms with E-state index < -0.39 is 10.7 Å². The first-order chi connectivity index (χ1) is 21.3. The second-order valence-corrected chi connectivity index (χ2v) is 10.4. The molecule has 13 heteroatoms. The fraction of sp³-hybridized carbons (Fsp3) is 0.258. The lowest BCUT2D eigenvalue weighted by atomic mass is 10.1. The van der Waals surface area contributed by atoms with E-state index in [2.05, 4.69) is 15.0 Å². The number of rotatable bonds is 12. The largest absolute Gasteiger partial charge is 0.493 e. The Hall–Kier alpha value is -4.88. The summed E-state index contributed by atoms with van der Waals surface area (Å²) < 4.78 is 32.9. The van der Waals surface area contributed by atoms with Gasteiger partial charge in [0.2, 0.25) is 0 Å². The predicted octanol–water partition coefficient (Wildman–Crippen LogP) is 6.03. The summed E-state index contributed by atoms with van der Waals surface area (Å²) in [7, 11) is 1.56. The number of likely N-dealkylation sites (tertiary alicyclic amines) is 1. The third-order valence-corrected chi connectivity index (χ3v) is 7.27. The van der Waals surface area contributed by atoms with Crippen LogP contribution in [-0.4, -0.2) is 59.5 Å². The number of hydrogen-bond donors (Lipinski definition) is 1. The van der Waals surface area contributed by atoms with Crippen LogP contribution in [0.1, 0.15) is 24.8 Å². The Balaban J connectivity index is 1.33. The maximum absolute atomic E-state index is 15.3. The van der Waals surface area contributed by atoms with Crippen LogP contribution in [-0.2, 0) is 0 Å². The van der Waals surface area contributed by atoms with E-state index >= 15 is 4.39 Å². The number of ether oxygens (including phenoxy) is 3. The monoisotopic (exact) mass is 618 g/mol. The number of hydrazone groups is 1. The van der Waals surface area contributed by atoms with Gasteiger partial charge in [-0.25, -0.2) is 9.40 Å². The van der Waals surface area contributed by atoms with Crippen LogP contribution in [0.4, 0.5) is 15.8 Å². The van der Waals surface area contributed by atoms with Gasteiger partial charge < -0.3 is 24.8 Å². The van der Waals surface area contributed by atoms with Crippen LogP contribution in [0, 0.1) is 15.9 Å². The number of nitrogens with two attached hydrogens (primary N) is 1. The van der Waals surface area contributed by atoms with Crippen LogP contribution >= 0.6 is 12.2 Å². The first-order valence-electron chi connectivity index (χ1n) is 14.0. The molecule has 0 bridgehead atoms. The minimum Gasteiger partial charge on any atom is -0.493 e. The summed E-state index contributed by atoms with van der Waals surface area (Å²) in [6.07, 6.45) is 6.21. The van der Waals surface area contributed by atoms with Gasteiger partial charge in [-0.15, -0.1) is 0 Å². The standard InChI is InChI=1S/C31H31FN6O5S/c1-41-29-18-23-25(19-30(29)42-16-6-15-36-13-4-5-14-36)34-12-11-27(23)43-28-10-9-22(17-24(28)32)37(31(33)44)35-20-21-7-2-3-8-26(21)38(39)40/h2-3,7-12,17-20H,4-6,13-16H2,1H3,(H2,33,44). The quantitative estimate of drug-likeness (QED) is 0.0660. The number of methoxy groups -OCH3 is 1. The molecule has 0 radical (unpaired) electrons. The molecule has 1 saturated heterocycles. The van der Waals surface area contributed by atoms with Crippen molar-refractivity contribution in [2.24, 2.45) is 10.8 Å². The van der Waals surface area contributed by atoms with Crippen LogP contribution in [0.2, 0.25) is 0 Å². The maximum atomic E-state index is 15.3. The van der Waals surface area contributed by atoms with E-state index in [4.69, 9.17) is 32.2 Å². The third kappa shape index (κ3) is 7.18. The number of anilines is 1. The second-order valence-electron chi connectivity index (χ2n) is 10.0. The molecule has 0 aliphatic carbocycles. The normalized spacial score (nSPS) is 13.3. The molecule has 11 nitrogen and oxygen atoms in total. The van der Waals surface area contributed by atoms with Crippen molar-refractivity contribution in [3.05, 3.63) is 88.4 Å². The number of halogens is 1. The molecular formula is C31H31FN6O5S. The molecule has 0 saturated carbocycles. The highest BCUT2D eigenvalue weighted by molar-refractivity contribution is 7.80. The summed E-state index contributed by atoms with van der Waals surface area (Å²) in [5.41, 5.74) is 6.72. The highest BCUT2D eigenvalue weighted by atomic mass is 32.1. The molecule has 0 spiro atoms. The Kier molecular flexibility index (Phi) is 9.77. The summed E-state index contributed by atoms with van der Waals surface area (Å²) >= 11 is 5.10. The molecule has 2 N–H and O–H groups in total. The second kappa shape index (κ2) is 14.1. The van der Waals surface area contributed by atoms with E-state index in [1.807, 2.05) is 0 Å². The van der Waals surface area contributed by atoms with Crippen molar-refractivity contribution in [3.63, 3.8) is 0 Å². The van der Waals surface area contributed by atoms with Gasteiger partial charge in [-0.2, -0.15) is 5.10 Å². The van der Waals surface area contributed by atoms with Gasteiger partial charge in [-0.1, -0.05) is 12.1 Å². The molecule has 44 heavy (non-hydrogen) atoms. The molecule has 1 aliphatic rings. The van der Waals surface area contributed by atoms with Gasteiger partial charge in [0.25, 0.3) is 5.69 Å². The highest BCUT2D eigenvalue weighted by Crippen LogP contribution is 2.38. The molecule has 2 heterocycles. The number of nitro benzene ring substituents is 1. The van der Waals surface area contributed by atoms with E-state index in [0.717, 1.165) is 37.1 Å². The molecule has 5 rings (SSSR count). The van der Waals surface area contributed by atoms with Crippen LogP contribution in [0.15, 0.2) is 72.0 Å². The zero-order chi connectivity index (χ0) is 31.1. The fourth-order valence-electron chi connectivity index (χ4n) is 4.92. The minimum absolute atomic E-state index is 0.0620. The van der Waals surface area contributed by atoms with Crippen molar-refractivity contribution in [2.45, 2.75) is 19.3 Å². The summed E-state index contributed by atoms with van der Waals surface area (Å²) in [4.78, 5) is 17.7. The van der Waals surface area contributed by atoms with Gasteiger partial charge in [0.15, 0.2) is 28.2 Å². The number of hydrogen-bond acceptors (Lipinski definition) is 9. The summed E-state index contributed by atoms with van der Waals surface area (Å²) in [5.74, 6) is 0.672. The average molecular weight is 619 g/mol. The molecule has 228 valence electrons.